The molecule has 1 aromatic carbocycles. The molecule has 1 aromatic heterocycles. The molecule has 0 fully saturated rings. The van der Waals surface area contributed by atoms with Crippen LogP contribution in [0.15, 0.2) is 18.2 Å². The van der Waals surface area contributed by atoms with Gasteiger partial charge in [0.15, 0.2) is 0 Å². The monoisotopic (exact) mass is 294 g/mol. The summed E-state index contributed by atoms with van der Waals surface area (Å²) in [6.07, 6.45) is -0.785. The molecule has 0 aliphatic carbocycles. The summed E-state index contributed by atoms with van der Waals surface area (Å²) in [5, 5.41) is 7.59. The minimum atomic E-state index is -1.23. The average Bonchev–Trinajstić information content (AvgIpc) is 2.70. The fraction of sp³-hybridized carbons (Fsp3) is 0.417. The van der Waals surface area contributed by atoms with Crippen LogP contribution in [0.4, 0.5) is 10.5 Å². The molecule has 2 rings (SSSR count). The van der Waals surface area contributed by atoms with Gasteiger partial charge in [-0.25, -0.2) is 4.79 Å². The van der Waals surface area contributed by atoms with Crippen molar-refractivity contribution in [2.45, 2.75) is 25.7 Å². The zero-order valence-electron chi connectivity index (χ0n) is 11.8. The first-order valence-corrected chi connectivity index (χ1v) is 10.0. The van der Waals surface area contributed by atoms with E-state index in [4.69, 9.17) is 15.3 Å². The van der Waals surface area contributed by atoms with Crippen molar-refractivity contribution in [2.75, 3.05) is 12.3 Å². The SMILES string of the molecule is C[Si](C)(C)CCOC(=O)On1nnc2cc(N)ccc21. The molecular weight excluding hydrogens is 276 g/mol. The summed E-state index contributed by atoms with van der Waals surface area (Å²) in [6.45, 7) is 6.97. The van der Waals surface area contributed by atoms with Crippen molar-refractivity contribution in [1.82, 2.24) is 15.2 Å². The van der Waals surface area contributed by atoms with Crippen LogP contribution < -0.4 is 10.6 Å². The Morgan fingerprint density at radius 3 is 2.85 bits per heavy atom. The highest BCUT2D eigenvalue weighted by Gasteiger charge is 2.16. The molecule has 0 saturated carbocycles. The Labute approximate surface area is 117 Å². The van der Waals surface area contributed by atoms with Crippen LogP contribution in [0, 0.1) is 0 Å². The van der Waals surface area contributed by atoms with Gasteiger partial charge in [-0.3, -0.25) is 4.84 Å². The molecular formula is C12H18N4O3Si. The lowest BCUT2D eigenvalue weighted by Gasteiger charge is -2.14. The number of aromatic nitrogens is 3. The highest BCUT2D eigenvalue weighted by molar-refractivity contribution is 6.76. The number of hydrogen-bond donors (Lipinski definition) is 1. The summed E-state index contributed by atoms with van der Waals surface area (Å²) < 4.78 is 5.02. The van der Waals surface area contributed by atoms with Crippen molar-refractivity contribution in [3.8, 4) is 0 Å². The number of hydrogen-bond acceptors (Lipinski definition) is 6. The zero-order chi connectivity index (χ0) is 14.8. The van der Waals surface area contributed by atoms with Gasteiger partial charge in [0.25, 0.3) is 0 Å². The molecule has 0 spiro atoms. The van der Waals surface area contributed by atoms with Gasteiger partial charge in [-0.2, -0.15) is 0 Å². The average molecular weight is 294 g/mol. The summed E-state index contributed by atoms with van der Waals surface area (Å²) in [4.78, 5) is 17.6. The van der Waals surface area contributed by atoms with Gasteiger partial charge in [-0.05, 0) is 29.5 Å². The molecule has 0 bridgehead atoms. The number of fused-ring (bicyclic) bond motifs is 1. The second-order valence-electron chi connectivity index (χ2n) is 5.71. The van der Waals surface area contributed by atoms with Crippen LogP contribution in [-0.2, 0) is 4.74 Å². The Balaban J connectivity index is 1.96. The van der Waals surface area contributed by atoms with Gasteiger partial charge in [0.1, 0.15) is 11.0 Å². The molecule has 0 unspecified atom stereocenters. The topological polar surface area (TPSA) is 92.3 Å². The quantitative estimate of drug-likeness (QED) is 0.401. The second kappa shape index (κ2) is 5.49. The zero-order valence-corrected chi connectivity index (χ0v) is 12.8. The summed E-state index contributed by atoms with van der Waals surface area (Å²) in [6, 6.07) is 5.90. The maximum atomic E-state index is 11.6. The van der Waals surface area contributed by atoms with E-state index in [0.717, 1.165) is 10.9 Å². The molecule has 8 heteroatoms. The summed E-state index contributed by atoms with van der Waals surface area (Å²) >= 11 is 0. The first-order valence-electron chi connectivity index (χ1n) is 6.31. The van der Waals surface area contributed by atoms with E-state index in [1.54, 1.807) is 18.2 Å². The van der Waals surface area contributed by atoms with E-state index < -0.39 is 14.2 Å². The van der Waals surface area contributed by atoms with Crippen molar-refractivity contribution in [1.29, 1.82) is 0 Å². The highest BCUT2D eigenvalue weighted by Crippen LogP contribution is 2.13. The Kier molecular flexibility index (Phi) is 3.93. The third kappa shape index (κ3) is 3.70. The van der Waals surface area contributed by atoms with E-state index in [0.29, 0.717) is 23.3 Å². The first-order chi connectivity index (χ1) is 9.35. The van der Waals surface area contributed by atoms with Crippen LogP contribution in [0.5, 0.6) is 0 Å². The summed E-state index contributed by atoms with van der Waals surface area (Å²) in [7, 11) is -1.23. The van der Waals surface area contributed by atoms with Crippen molar-refractivity contribution >= 4 is 31.0 Å². The highest BCUT2D eigenvalue weighted by atomic mass is 28.3. The third-order valence-corrected chi connectivity index (χ3v) is 4.38. The minimum Gasteiger partial charge on any atom is -0.433 e. The molecule has 0 aliphatic heterocycles. The fourth-order valence-corrected chi connectivity index (χ4v) is 2.24. The first kappa shape index (κ1) is 14.3. The van der Waals surface area contributed by atoms with Crippen molar-refractivity contribution in [3.05, 3.63) is 18.2 Å². The smallest absolute Gasteiger partial charge is 0.433 e. The molecule has 2 aromatic rings. The van der Waals surface area contributed by atoms with Crippen LogP contribution in [0.1, 0.15) is 0 Å². The predicted molar refractivity (Wildman–Crippen MR) is 78.0 cm³/mol. The maximum Gasteiger partial charge on any atom is 0.535 e. The van der Waals surface area contributed by atoms with Crippen LogP contribution in [0.25, 0.3) is 11.0 Å². The Morgan fingerprint density at radius 1 is 1.40 bits per heavy atom. The number of carbonyl (C=O) groups excluding carboxylic acids is 1. The summed E-state index contributed by atoms with van der Waals surface area (Å²) in [5.74, 6) is 0. The Bertz CT molecular complexity index is 621. The lowest BCUT2D eigenvalue weighted by molar-refractivity contribution is 0.0426. The van der Waals surface area contributed by atoms with Crippen LogP contribution >= 0.6 is 0 Å². The van der Waals surface area contributed by atoms with Gasteiger partial charge in [0.2, 0.25) is 0 Å². The standard InChI is InChI=1S/C12H18N4O3Si/c1-20(2,3)7-6-18-12(17)19-16-11-5-4-9(13)8-10(11)14-15-16/h4-5,8H,6-7,13H2,1-3H3. The van der Waals surface area contributed by atoms with Crippen molar-refractivity contribution in [2.24, 2.45) is 0 Å². The largest absolute Gasteiger partial charge is 0.535 e. The molecule has 7 nitrogen and oxygen atoms in total. The number of ether oxygens (including phenoxy) is 1. The molecule has 0 radical (unpaired) electrons. The molecule has 0 aliphatic rings. The van der Waals surface area contributed by atoms with Gasteiger partial charge in [0.05, 0.1) is 6.61 Å². The van der Waals surface area contributed by atoms with Gasteiger partial charge in [-0.15, -0.1) is 5.10 Å². The summed E-state index contributed by atoms with van der Waals surface area (Å²) in [5.41, 5.74) is 7.32. The number of nitrogen functional groups attached to an aromatic ring is 1. The van der Waals surface area contributed by atoms with E-state index in [1.165, 1.54) is 0 Å². The third-order valence-electron chi connectivity index (χ3n) is 2.67. The number of nitrogens with zero attached hydrogens (tertiary/aromatic N) is 3. The molecule has 0 saturated heterocycles. The maximum absolute atomic E-state index is 11.6. The van der Waals surface area contributed by atoms with Gasteiger partial charge in [-0.1, -0.05) is 24.5 Å². The lowest BCUT2D eigenvalue weighted by atomic mass is 10.3. The van der Waals surface area contributed by atoms with Crippen LogP contribution in [0.3, 0.4) is 0 Å². The van der Waals surface area contributed by atoms with E-state index in [-0.39, 0.29) is 0 Å². The van der Waals surface area contributed by atoms with Crippen molar-refractivity contribution < 1.29 is 14.4 Å². The van der Waals surface area contributed by atoms with Crippen LogP contribution in [0.2, 0.25) is 25.7 Å². The van der Waals surface area contributed by atoms with E-state index in [2.05, 4.69) is 30.0 Å². The van der Waals surface area contributed by atoms with Gasteiger partial charge in [0, 0.05) is 13.8 Å². The molecule has 2 N–H and O–H groups in total. The normalized spacial score (nSPS) is 11.6. The Morgan fingerprint density at radius 2 is 2.15 bits per heavy atom. The number of nitrogens with two attached hydrogens (primary N) is 1. The van der Waals surface area contributed by atoms with E-state index >= 15 is 0 Å². The number of rotatable bonds is 4. The number of benzene rings is 1. The molecule has 20 heavy (non-hydrogen) atoms. The number of anilines is 1. The second-order valence-corrected chi connectivity index (χ2v) is 11.3. The lowest BCUT2D eigenvalue weighted by Crippen LogP contribution is -2.26. The molecule has 1 heterocycles. The molecule has 108 valence electrons. The van der Waals surface area contributed by atoms with Gasteiger partial charge >= 0.3 is 6.16 Å². The number of carbonyl (C=O) groups is 1. The molecule has 0 atom stereocenters. The van der Waals surface area contributed by atoms with Gasteiger partial charge < -0.3 is 10.5 Å². The predicted octanol–water partition coefficient (Wildman–Crippen LogP) is 1.92. The van der Waals surface area contributed by atoms with E-state index in [1.807, 2.05) is 0 Å². The van der Waals surface area contributed by atoms with Crippen molar-refractivity contribution in [3.63, 3.8) is 0 Å². The fourth-order valence-electron chi connectivity index (χ4n) is 1.52. The minimum absolute atomic E-state index is 0.355. The van der Waals surface area contributed by atoms with E-state index in [9.17, 15) is 4.79 Å². The molecule has 0 amide bonds. The van der Waals surface area contributed by atoms with Crippen LogP contribution in [-0.4, -0.2) is 36.0 Å². The Hall–Kier alpha value is -2.09.